The highest BCUT2D eigenvalue weighted by Crippen LogP contribution is 2.17. The van der Waals surface area contributed by atoms with Crippen LogP contribution in [0.25, 0.3) is 11.3 Å². The molecule has 2 aromatic heterocycles. The summed E-state index contributed by atoms with van der Waals surface area (Å²) in [5.41, 5.74) is 2.91. The van der Waals surface area contributed by atoms with Gasteiger partial charge in [-0.15, -0.1) is 0 Å². The van der Waals surface area contributed by atoms with E-state index in [9.17, 15) is 9.59 Å². The molecule has 0 spiro atoms. The summed E-state index contributed by atoms with van der Waals surface area (Å²) in [6.45, 7) is 3.64. The second kappa shape index (κ2) is 7.09. The van der Waals surface area contributed by atoms with Crippen LogP contribution in [0.5, 0.6) is 0 Å². The van der Waals surface area contributed by atoms with Crippen LogP contribution in [0.3, 0.4) is 0 Å². The van der Waals surface area contributed by atoms with Crippen LogP contribution in [0.15, 0.2) is 65.7 Å². The Morgan fingerprint density at radius 1 is 1.12 bits per heavy atom. The van der Waals surface area contributed by atoms with Crippen molar-refractivity contribution in [2.75, 3.05) is 5.32 Å². The standard InChI is InChI=1S/C19H18N4O2/c1-13-5-7-15(8-6-13)17-9-10-18(24)23(22-17)14(2)19(25)21-16-4-3-11-20-12-16/h3-12,14H,1-2H3,(H,21,25). The van der Waals surface area contributed by atoms with E-state index in [2.05, 4.69) is 15.4 Å². The molecule has 0 aliphatic carbocycles. The predicted molar refractivity (Wildman–Crippen MR) is 96.2 cm³/mol. The SMILES string of the molecule is Cc1ccc(-c2ccc(=O)n(C(C)C(=O)Nc3cccnc3)n2)cc1. The van der Waals surface area contributed by atoms with Gasteiger partial charge in [0, 0.05) is 17.8 Å². The first-order chi connectivity index (χ1) is 12.0. The van der Waals surface area contributed by atoms with E-state index in [1.807, 2.05) is 31.2 Å². The fraction of sp³-hybridized carbons (Fsp3) is 0.158. The lowest BCUT2D eigenvalue weighted by Crippen LogP contribution is -2.33. The van der Waals surface area contributed by atoms with Crippen LogP contribution >= 0.6 is 0 Å². The van der Waals surface area contributed by atoms with E-state index in [1.54, 1.807) is 37.5 Å². The molecule has 0 bridgehead atoms. The van der Waals surface area contributed by atoms with Gasteiger partial charge in [0.25, 0.3) is 5.56 Å². The van der Waals surface area contributed by atoms with Crippen molar-refractivity contribution in [1.82, 2.24) is 14.8 Å². The molecule has 0 radical (unpaired) electrons. The van der Waals surface area contributed by atoms with E-state index in [1.165, 1.54) is 10.7 Å². The molecule has 6 heteroatoms. The monoisotopic (exact) mass is 334 g/mol. The van der Waals surface area contributed by atoms with E-state index >= 15 is 0 Å². The Kier molecular flexibility index (Phi) is 4.70. The van der Waals surface area contributed by atoms with Gasteiger partial charge >= 0.3 is 0 Å². The summed E-state index contributed by atoms with van der Waals surface area (Å²) in [5, 5.41) is 7.10. The van der Waals surface area contributed by atoms with Crippen LogP contribution in [-0.2, 0) is 4.79 Å². The van der Waals surface area contributed by atoms with Crippen LogP contribution in [0.2, 0.25) is 0 Å². The minimum absolute atomic E-state index is 0.329. The van der Waals surface area contributed by atoms with E-state index in [-0.39, 0.29) is 11.5 Å². The largest absolute Gasteiger partial charge is 0.323 e. The molecular formula is C19H18N4O2. The zero-order valence-corrected chi connectivity index (χ0v) is 14.0. The summed E-state index contributed by atoms with van der Waals surface area (Å²) in [5.74, 6) is -0.330. The highest BCUT2D eigenvalue weighted by Gasteiger charge is 2.18. The van der Waals surface area contributed by atoms with Gasteiger partial charge in [0.2, 0.25) is 5.91 Å². The summed E-state index contributed by atoms with van der Waals surface area (Å²) >= 11 is 0. The number of benzene rings is 1. The first-order valence-electron chi connectivity index (χ1n) is 7.92. The number of aromatic nitrogens is 3. The molecule has 126 valence electrons. The highest BCUT2D eigenvalue weighted by molar-refractivity contribution is 5.93. The summed E-state index contributed by atoms with van der Waals surface area (Å²) in [4.78, 5) is 28.5. The molecule has 1 aromatic carbocycles. The molecule has 3 aromatic rings. The van der Waals surface area contributed by atoms with Crippen LogP contribution < -0.4 is 10.9 Å². The molecule has 0 fully saturated rings. The molecule has 0 saturated heterocycles. The summed E-state index contributed by atoms with van der Waals surface area (Å²) in [6.07, 6.45) is 3.17. The van der Waals surface area contributed by atoms with Gasteiger partial charge in [0.15, 0.2) is 0 Å². The Morgan fingerprint density at radius 2 is 1.88 bits per heavy atom. The predicted octanol–water partition coefficient (Wildman–Crippen LogP) is 2.81. The number of nitrogens with one attached hydrogen (secondary N) is 1. The van der Waals surface area contributed by atoms with Crippen LogP contribution in [0.1, 0.15) is 18.5 Å². The lowest BCUT2D eigenvalue weighted by Gasteiger charge is -2.15. The maximum Gasteiger partial charge on any atom is 0.267 e. The molecular weight excluding hydrogens is 316 g/mol. The van der Waals surface area contributed by atoms with Crippen molar-refractivity contribution in [1.29, 1.82) is 0 Å². The van der Waals surface area contributed by atoms with Crippen molar-refractivity contribution in [3.63, 3.8) is 0 Å². The van der Waals surface area contributed by atoms with Crippen molar-refractivity contribution in [2.45, 2.75) is 19.9 Å². The third kappa shape index (κ3) is 3.80. The number of carbonyl (C=O) groups is 1. The normalized spacial score (nSPS) is 11.8. The molecule has 1 unspecified atom stereocenters. The highest BCUT2D eigenvalue weighted by atomic mass is 16.2. The lowest BCUT2D eigenvalue weighted by atomic mass is 10.1. The third-order valence-electron chi connectivity index (χ3n) is 3.85. The Hall–Kier alpha value is -3.28. The molecule has 1 N–H and O–H groups in total. The summed E-state index contributed by atoms with van der Waals surface area (Å²) in [6, 6.07) is 13.6. The molecule has 1 atom stereocenters. The van der Waals surface area contributed by atoms with Gasteiger partial charge in [0.05, 0.1) is 17.6 Å². The first-order valence-corrected chi connectivity index (χ1v) is 7.92. The number of hydrogen-bond donors (Lipinski definition) is 1. The molecule has 2 heterocycles. The van der Waals surface area contributed by atoms with Gasteiger partial charge < -0.3 is 5.32 Å². The second-order valence-corrected chi connectivity index (χ2v) is 5.77. The maximum absolute atomic E-state index is 12.4. The Bertz CT molecular complexity index is 934. The van der Waals surface area contributed by atoms with Gasteiger partial charge in [-0.1, -0.05) is 29.8 Å². The zero-order valence-electron chi connectivity index (χ0n) is 14.0. The third-order valence-corrected chi connectivity index (χ3v) is 3.85. The van der Waals surface area contributed by atoms with Crippen molar-refractivity contribution < 1.29 is 4.79 Å². The average molecular weight is 334 g/mol. The average Bonchev–Trinajstić information content (AvgIpc) is 2.63. The number of nitrogens with zero attached hydrogens (tertiary/aromatic N) is 3. The van der Waals surface area contributed by atoms with Gasteiger partial charge in [-0.2, -0.15) is 5.10 Å². The minimum Gasteiger partial charge on any atom is -0.323 e. The summed E-state index contributed by atoms with van der Waals surface area (Å²) < 4.78 is 1.20. The number of rotatable bonds is 4. The van der Waals surface area contributed by atoms with Crippen LogP contribution in [-0.4, -0.2) is 20.7 Å². The molecule has 6 nitrogen and oxygen atoms in total. The van der Waals surface area contributed by atoms with E-state index in [4.69, 9.17) is 0 Å². The lowest BCUT2D eigenvalue weighted by molar-refractivity contribution is -0.119. The van der Waals surface area contributed by atoms with Gasteiger partial charge in [-0.25, -0.2) is 4.68 Å². The minimum atomic E-state index is -0.752. The van der Waals surface area contributed by atoms with Crippen molar-refractivity contribution in [2.24, 2.45) is 0 Å². The number of amides is 1. The van der Waals surface area contributed by atoms with E-state index < -0.39 is 6.04 Å². The number of pyridine rings is 1. The van der Waals surface area contributed by atoms with Crippen LogP contribution in [0.4, 0.5) is 5.69 Å². The number of carbonyl (C=O) groups excluding carboxylic acids is 1. The fourth-order valence-electron chi connectivity index (χ4n) is 2.38. The van der Waals surface area contributed by atoms with Crippen molar-refractivity contribution in [3.8, 4) is 11.3 Å². The molecule has 0 saturated carbocycles. The quantitative estimate of drug-likeness (QED) is 0.796. The number of aryl methyl sites for hydroxylation is 1. The smallest absolute Gasteiger partial charge is 0.267 e. The molecule has 0 aliphatic heterocycles. The van der Waals surface area contributed by atoms with Gasteiger partial charge in [-0.05, 0) is 32.0 Å². The molecule has 3 rings (SSSR count). The van der Waals surface area contributed by atoms with Crippen molar-refractivity contribution >= 4 is 11.6 Å². The van der Waals surface area contributed by atoms with Gasteiger partial charge in [-0.3, -0.25) is 14.6 Å². The first kappa shape index (κ1) is 16.6. The Morgan fingerprint density at radius 3 is 2.56 bits per heavy atom. The van der Waals surface area contributed by atoms with E-state index in [0.717, 1.165) is 11.1 Å². The topological polar surface area (TPSA) is 76.9 Å². The molecule has 0 aliphatic rings. The summed E-state index contributed by atoms with van der Waals surface area (Å²) in [7, 11) is 0. The van der Waals surface area contributed by atoms with Crippen LogP contribution in [0, 0.1) is 6.92 Å². The Balaban J connectivity index is 1.88. The number of hydrogen-bond acceptors (Lipinski definition) is 4. The fourth-order valence-corrected chi connectivity index (χ4v) is 2.38. The molecule has 1 amide bonds. The van der Waals surface area contributed by atoms with E-state index in [0.29, 0.717) is 11.4 Å². The van der Waals surface area contributed by atoms with Gasteiger partial charge in [0.1, 0.15) is 6.04 Å². The Labute approximate surface area is 145 Å². The van der Waals surface area contributed by atoms with Crippen molar-refractivity contribution in [3.05, 3.63) is 76.8 Å². The zero-order chi connectivity index (χ0) is 17.8. The number of anilines is 1. The molecule has 25 heavy (non-hydrogen) atoms. The maximum atomic E-state index is 12.4. The second-order valence-electron chi connectivity index (χ2n) is 5.77.